The second kappa shape index (κ2) is 5.89. The molecule has 0 spiro atoms. The summed E-state index contributed by atoms with van der Waals surface area (Å²) in [6.45, 7) is 1.84. The lowest BCUT2D eigenvalue weighted by Crippen LogP contribution is -2.15. The summed E-state index contributed by atoms with van der Waals surface area (Å²) in [5.41, 5.74) is 9.04. The summed E-state index contributed by atoms with van der Waals surface area (Å²) in [5, 5.41) is 11.9. The summed E-state index contributed by atoms with van der Waals surface area (Å²) in [6.07, 6.45) is 0.249. The van der Waals surface area contributed by atoms with Crippen molar-refractivity contribution in [3.8, 4) is 6.07 Å². The van der Waals surface area contributed by atoms with E-state index in [1.807, 2.05) is 31.2 Å². The Bertz CT molecular complexity index is 669. The fraction of sp³-hybridized carbons (Fsp3) is 0.125. The molecule has 0 atom stereocenters. The minimum absolute atomic E-state index is 0.156. The molecule has 0 fully saturated rings. The third kappa shape index (κ3) is 3.15. The standard InChI is InChI=1S/C16H15N3O/c1-11-3-2-4-15(14(11)10-17)19-16(20)9-12-5-7-13(18)8-6-12/h2-8H,9,18H2,1H3,(H,19,20). The van der Waals surface area contributed by atoms with Gasteiger partial charge in [0.2, 0.25) is 5.91 Å². The molecule has 2 aromatic carbocycles. The Hall–Kier alpha value is -2.80. The van der Waals surface area contributed by atoms with E-state index in [1.54, 1.807) is 18.2 Å². The molecule has 100 valence electrons. The van der Waals surface area contributed by atoms with Crippen LogP contribution >= 0.6 is 0 Å². The first kappa shape index (κ1) is 13.6. The van der Waals surface area contributed by atoms with Gasteiger partial charge in [0.15, 0.2) is 0 Å². The second-order valence-electron chi connectivity index (χ2n) is 4.58. The van der Waals surface area contributed by atoms with Crippen molar-refractivity contribution in [1.82, 2.24) is 0 Å². The number of rotatable bonds is 3. The maximum Gasteiger partial charge on any atom is 0.228 e. The topological polar surface area (TPSA) is 78.9 Å². The fourth-order valence-electron chi connectivity index (χ4n) is 1.94. The zero-order chi connectivity index (χ0) is 14.5. The van der Waals surface area contributed by atoms with Gasteiger partial charge in [-0.25, -0.2) is 0 Å². The highest BCUT2D eigenvalue weighted by Crippen LogP contribution is 2.18. The van der Waals surface area contributed by atoms with Crippen LogP contribution in [0, 0.1) is 18.3 Å². The number of amides is 1. The summed E-state index contributed by atoms with van der Waals surface area (Å²) in [4.78, 5) is 12.0. The van der Waals surface area contributed by atoms with E-state index in [0.29, 0.717) is 16.9 Å². The van der Waals surface area contributed by atoms with E-state index in [4.69, 9.17) is 11.0 Å². The Morgan fingerprint density at radius 3 is 2.60 bits per heavy atom. The molecule has 0 aliphatic heterocycles. The molecule has 4 nitrogen and oxygen atoms in total. The van der Waals surface area contributed by atoms with Crippen LogP contribution in [-0.4, -0.2) is 5.91 Å². The number of aryl methyl sites for hydroxylation is 1. The average Bonchev–Trinajstić information content (AvgIpc) is 2.42. The maximum atomic E-state index is 12.0. The molecular weight excluding hydrogens is 250 g/mol. The molecular formula is C16H15N3O. The van der Waals surface area contributed by atoms with Gasteiger partial charge in [0.25, 0.3) is 0 Å². The highest BCUT2D eigenvalue weighted by atomic mass is 16.1. The van der Waals surface area contributed by atoms with Crippen LogP contribution in [0.5, 0.6) is 0 Å². The summed E-state index contributed by atoms with van der Waals surface area (Å²) in [5.74, 6) is -0.156. The largest absolute Gasteiger partial charge is 0.399 e. The van der Waals surface area contributed by atoms with E-state index < -0.39 is 0 Å². The second-order valence-corrected chi connectivity index (χ2v) is 4.58. The van der Waals surface area contributed by atoms with Crippen molar-refractivity contribution in [2.24, 2.45) is 0 Å². The Labute approximate surface area is 117 Å². The van der Waals surface area contributed by atoms with Gasteiger partial charge in [0.05, 0.1) is 17.7 Å². The van der Waals surface area contributed by atoms with E-state index in [9.17, 15) is 4.79 Å². The Morgan fingerprint density at radius 2 is 1.95 bits per heavy atom. The molecule has 0 aromatic heterocycles. The first-order valence-electron chi connectivity index (χ1n) is 6.24. The summed E-state index contributed by atoms with van der Waals surface area (Å²) in [7, 11) is 0. The van der Waals surface area contributed by atoms with Crippen molar-refractivity contribution >= 4 is 17.3 Å². The Balaban J connectivity index is 2.11. The van der Waals surface area contributed by atoms with Crippen molar-refractivity contribution in [3.63, 3.8) is 0 Å². The molecule has 20 heavy (non-hydrogen) atoms. The number of benzene rings is 2. The van der Waals surface area contributed by atoms with E-state index in [-0.39, 0.29) is 12.3 Å². The van der Waals surface area contributed by atoms with Crippen LogP contribution in [0.3, 0.4) is 0 Å². The van der Waals surface area contributed by atoms with Crippen molar-refractivity contribution in [1.29, 1.82) is 5.26 Å². The summed E-state index contributed by atoms with van der Waals surface area (Å²) in [6, 6.07) is 14.6. The number of nitrogen functional groups attached to an aromatic ring is 1. The number of anilines is 2. The lowest BCUT2D eigenvalue weighted by molar-refractivity contribution is -0.115. The Morgan fingerprint density at radius 1 is 1.25 bits per heavy atom. The van der Waals surface area contributed by atoms with Gasteiger partial charge in [-0.15, -0.1) is 0 Å². The van der Waals surface area contributed by atoms with Crippen molar-refractivity contribution in [2.75, 3.05) is 11.1 Å². The quantitative estimate of drug-likeness (QED) is 0.837. The normalized spacial score (nSPS) is 9.80. The molecule has 0 radical (unpaired) electrons. The maximum absolute atomic E-state index is 12.0. The van der Waals surface area contributed by atoms with Crippen LogP contribution in [-0.2, 0) is 11.2 Å². The first-order valence-corrected chi connectivity index (χ1v) is 6.24. The average molecular weight is 265 g/mol. The highest BCUT2D eigenvalue weighted by Gasteiger charge is 2.09. The summed E-state index contributed by atoms with van der Waals surface area (Å²) >= 11 is 0. The van der Waals surface area contributed by atoms with Crippen LogP contribution in [0.25, 0.3) is 0 Å². The number of nitrogens with one attached hydrogen (secondary N) is 1. The van der Waals surface area contributed by atoms with Gasteiger partial charge >= 0.3 is 0 Å². The molecule has 0 unspecified atom stereocenters. The molecule has 3 N–H and O–H groups in total. The number of hydrogen-bond acceptors (Lipinski definition) is 3. The lowest BCUT2D eigenvalue weighted by Gasteiger charge is -2.09. The molecule has 0 bridgehead atoms. The van der Waals surface area contributed by atoms with Gasteiger partial charge < -0.3 is 11.1 Å². The molecule has 0 heterocycles. The number of carbonyl (C=O) groups is 1. The fourth-order valence-corrected chi connectivity index (χ4v) is 1.94. The lowest BCUT2D eigenvalue weighted by atomic mass is 10.1. The third-order valence-electron chi connectivity index (χ3n) is 3.00. The molecule has 0 saturated heterocycles. The van der Waals surface area contributed by atoms with Gasteiger partial charge in [0, 0.05) is 5.69 Å². The number of carbonyl (C=O) groups excluding carboxylic acids is 1. The molecule has 0 aliphatic carbocycles. The van der Waals surface area contributed by atoms with Crippen LogP contribution in [0.1, 0.15) is 16.7 Å². The number of nitrogens with zero attached hydrogens (tertiary/aromatic N) is 1. The van der Waals surface area contributed by atoms with E-state index in [0.717, 1.165) is 11.1 Å². The van der Waals surface area contributed by atoms with Gasteiger partial charge in [-0.1, -0.05) is 24.3 Å². The van der Waals surface area contributed by atoms with Crippen molar-refractivity contribution in [3.05, 3.63) is 59.2 Å². The smallest absolute Gasteiger partial charge is 0.228 e. The minimum Gasteiger partial charge on any atom is -0.399 e. The van der Waals surface area contributed by atoms with Gasteiger partial charge in [-0.2, -0.15) is 5.26 Å². The van der Waals surface area contributed by atoms with Gasteiger partial charge in [-0.05, 0) is 36.2 Å². The molecule has 4 heteroatoms. The molecule has 2 rings (SSSR count). The van der Waals surface area contributed by atoms with E-state index >= 15 is 0 Å². The predicted octanol–water partition coefficient (Wildman–Crippen LogP) is 2.63. The number of nitrogens with two attached hydrogens (primary N) is 1. The van der Waals surface area contributed by atoms with Gasteiger partial charge in [-0.3, -0.25) is 4.79 Å². The van der Waals surface area contributed by atoms with Gasteiger partial charge in [0.1, 0.15) is 6.07 Å². The molecule has 0 aliphatic rings. The zero-order valence-electron chi connectivity index (χ0n) is 11.2. The molecule has 1 amide bonds. The minimum atomic E-state index is -0.156. The predicted molar refractivity (Wildman–Crippen MR) is 79.1 cm³/mol. The number of nitriles is 1. The highest BCUT2D eigenvalue weighted by molar-refractivity contribution is 5.93. The van der Waals surface area contributed by atoms with E-state index in [1.165, 1.54) is 0 Å². The molecule has 0 saturated carbocycles. The van der Waals surface area contributed by atoms with Crippen molar-refractivity contribution < 1.29 is 4.79 Å². The SMILES string of the molecule is Cc1cccc(NC(=O)Cc2ccc(N)cc2)c1C#N. The van der Waals surface area contributed by atoms with Crippen LogP contribution in [0.4, 0.5) is 11.4 Å². The van der Waals surface area contributed by atoms with Crippen LogP contribution in [0.2, 0.25) is 0 Å². The first-order chi connectivity index (χ1) is 9.60. The monoisotopic (exact) mass is 265 g/mol. The van der Waals surface area contributed by atoms with Crippen molar-refractivity contribution in [2.45, 2.75) is 13.3 Å². The Kier molecular flexibility index (Phi) is 4.02. The summed E-state index contributed by atoms with van der Waals surface area (Å²) < 4.78 is 0. The molecule has 2 aromatic rings. The third-order valence-corrected chi connectivity index (χ3v) is 3.00. The van der Waals surface area contributed by atoms with Crippen LogP contribution in [0.15, 0.2) is 42.5 Å². The van der Waals surface area contributed by atoms with Crippen LogP contribution < -0.4 is 11.1 Å². The van der Waals surface area contributed by atoms with E-state index in [2.05, 4.69) is 11.4 Å². The number of hydrogen-bond donors (Lipinski definition) is 2. The zero-order valence-corrected chi connectivity index (χ0v) is 11.2.